The number of hydrogen-bond acceptors (Lipinski definition) is 3. The summed E-state index contributed by atoms with van der Waals surface area (Å²) in [6.07, 6.45) is 0.859. The van der Waals surface area contributed by atoms with Crippen molar-refractivity contribution in [2.45, 2.75) is 24.8 Å². The SMILES string of the molecule is CCNC(=NCc1ccc(S(=O)(=O)NC)cc1)NCCc1ccc(Cl)cc1. The van der Waals surface area contributed by atoms with Gasteiger partial charge in [0.25, 0.3) is 0 Å². The summed E-state index contributed by atoms with van der Waals surface area (Å²) in [5.74, 6) is 0.721. The summed E-state index contributed by atoms with van der Waals surface area (Å²) in [7, 11) is -2.02. The highest BCUT2D eigenvalue weighted by molar-refractivity contribution is 7.89. The van der Waals surface area contributed by atoms with Crippen LogP contribution in [-0.4, -0.2) is 34.5 Å². The van der Waals surface area contributed by atoms with Crippen molar-refractivity contribution >= 4 is 27.6 Å². The van der Waals surface area contributed by atoms with Crippen molar-refractivity contribution in [3.05, 3.63) is 64.7 Å². The predicted octanol–water partition coefficient (Wildman–Crippen LogP) is 2.55. The molecular weight excluding hydrogens is 384 g/mol. The molecule has 0 saturated heterocycles. The molecule has 0 saturated carbocycles. The van der Waals surface area contributed by atoms with Crippen LogP contribution in [0, 0.1) is 0 Å². The van der Waals surface area contributed by atoms with Gasteiger partial charge in [-0.15, -0.1) is 0 Å². The van der Waals surface area contributed by atoms with Gasteiger partial charge in [0.1, 0.15) is 0 Å². The second-order valence-corrected chi connectivity index (χ2v) is 8.17. The van der Waals surface area contributed by atoms with E-state index in [1.165, 1.54) is 12.6 Å². The lowest BCUT2D eigenvalue weighted by Crippen LogP contribution is -2.38. The average Bonchev–Trinajstić information content (AvgIpc) is 2.68. The molecule has 0 amide bonds. The van der Waals surface area contributed by atoms with Crippen molar-refractivity contribution in [2.24, 2.45) is 4.99 Å². The Bertz CT molecular complexity index is 850. The molecule has 0 bridgehead atoms. The second-order valence-electron chi connectivity index (χ2n) is 5.85. The minimum absolute atomic E-state index is 0.241. The standard InChI is InChI=1S/C19H25ClN4O2S/c1-3-22-19(23-13-12-15-4-8-17(20)9-5-15)24-14-16-6-10-18(11-7-16)27(25,26)21-2/h4-11,21H,3,12-14H2,1-2H3,(H2,22,23,24). The van der Waals surface area contributed by atoms with Crippen molar-refractivity contribution < 1.29 is 8.42 Å². The molecule has 2 aromatic carbocycles. The maximum absolute atomic E-state index is 11.8. The highest BCUT2D eigenvalue weighted by Gasteiger charge is 2.10. The topological polar surface area (TPSA) is 82.6 Å². The fraction of sp³-hybridized carbons (Fsp3) is 0.316. The third-order valence-corrected chi connectivity index (χ3v) is 5.57. The first kappa shape index (κ1) is 21.2. The Morgan fingerprint density at radius 1 is 1.00 bits per heavy atom. The maximum Gasteiger partial charge on any atom is 0.240 e. The molecule has 0 aliphatic carbocycles. The molecule has 0 atom stereocenters. The summed E-state index contributed by atoms with van der Waals surface area (Å²) in [5.41, 5.74) is 2.13. The van der Waals surface area contributed by atoms with Crippen LogP contribution >= 0.6 is 11.6 Å². The molecule has 0 aliphatic heterocycles. The molecule has 146 valence electrons. The Morgan fingerprint density at radius 3 is 2.22 bits per heavy atom. The third-order valence-electron chi connectivity index (χ3n) is 3.89. The molecular formula is C19H25ClN4O2S. The van der Waals surface area contributed by atoms with Gasteiger partial charge < -0.3 is 10.6 Å². The Morgan fingerprint density at radius 2 is 1.63 bits per heavy atom. The molecule has 6 nitrogen and oxygen atoms in total. The van der Waals surface area contributed by atoms with Crippen LogP contribution < -0.4 is 15.4 Å². The zero-order valence-corrected chi connectivity index (χ0v) is 17.1. The van der Waals surface area contributed by atoms with Gasteiger partial charge in [0, 0.05) is 18.1 Å². The van der Waals surface area contributed by atoms with Gasteiger partial charge in [-0.05, 0) is 55.8 Å². The number of rotatable bonds is 8. The molecule has 0 radical (unpaired) electrons. The first-order chi connectivity index (χ1) is 12.9. The highest BCUT2D eigenvalue weighted by Crippen LogP contribution is 2.11. The van der Waals surface area contributed by atoms with E-state index < -0.39 is 10.0 Å². The molecule has 2 rings (SSSR count). The van der Waals surface area contributed by atoms with Crippen LogP contribution in [-0.2, 0) is 23.0 Å². The number of guanidine groups is 1. The van der Waals surface area contributed by atoms with Crippen LogP contribution in [0.4, 0.5) is 0 Å². The van der Waals surface area contributed by atoms with Gasteiger partial charge in [0.2, 0.25) is 10.0 Å². The van der Waals surface area contributed by atoms with Gasteiger partial charge in [-0.1, -0.05) is 35.9 Å². The van der Waals surface area contributed by atoms with E-state index >= 15 is 0 Å². The summed E-state index contributed by atoms with van der Waals surface area (Å²) >= 11 is 5.90. The lowest BCUT2D eigenvalue weighted by molar-refractivity contribution is 0.588. The fourth-order valence-electron chi connectivity index (χ4n) is 2.38. The number of halogens is 1. The van der Waals surface area contributed by atoms with Crippen molar-refractivity contribution in [1.29, 1.82) is 0 Å². The van der Waals surface area contributed by atoms with E-state index in [-0.39, 0.29) is 4.90 Å². The quantitative estimate of drug-likeness (QED) is 0.463. The van der Waals surface area contributed by atoms with Gasteiger partial charge >= 0.3 is 0 Å². The van der Waals surface area contributed by atoms with Crippen molar-refractivity contribution in [2.75, 3.05) is 20.1 Å². The van der Waals surface area contributed by atoms with Crippen LogP contribution in [0.25, 0.3) is 0 Å². The maximum atomic E-state index is 11.8. The largest absolute Gasteiger partial charge is 0.357 e. The summed E-state index contributed by atoms with van der Waals surface area (Å²) in [5, 5.41) is 7.24. The van der Waals surface area contributed by atoms with Crippen LogP contribution in [0.5, 0.6) is 0 Å². The summed E-state index contributed by atoms with van der Waals surface area (Å²) in [6.45, 7) is 3.96. The van der Waals surface area contributed by atoms with Crippen molar-refractivity contribution in [1.82, 2.24) is 15.4 Å². The normalized spacial score (nSPS) is 12.0. The zero-order chi connectivity index (χ0) is 19.7. The van der Waals surface area contributed by atoms with Crippen molar-refractivity contribution in [3.8, 4) is 0 Å². The molecule has 3 N–H and O–H groups in total. The van der Waals surface area contributed by atoms with E-state index in [1.807, 2.05) is 31.2 Å². The molecule has 0 aromatic heterocycles. The minimum Gasteiger partial charge on any atom is -0.357 e. The molecule has 0 aliphatic rings. The van der Waals surface area contributed by atoms with E-state index in [2.05, 4.69) is 20.3 Å². The minimum atomic E-state index is -3.41. The van der Waals surface area contributed by atoms with E-state index in [1.54, 1.807) is 24.3 Å². The van der Waals surface area contributed by atoms with E-state index in [4.69, 9.17) is 11.6 Å². The van der Waals surface area contributed by atoms with Crippen LogP contribution in [0.3, 0.4) is 0 Å². The van der Waals surface area contributed by atoms with Crippen molar-refractivity contribution in [3.63, 3.8) is 0 Å². The van der Waals surface area contributed by atoms with E-state index in [0.717, 1.165) is 36.1 Å². The van der Waals surface area contributed by atoms with Gasteiger partial charge in [0.05, 0.1) is 11.4 Å². The van der Waals surface area contributed by atoms with E-state index in [9.17, 15) is 8.42 Å². The Balaban J connectivity index is 1.93. The first-order valence-electron chi connectivity index (χ1n) is 8.73. The molecule has 0 heterocycles. The third kappa shape index (κ3) is 6.86. The first-order valence-corrected chi connectivity index (χ1v) is 10.6. The number of sulfonamides is 1. The number of benzene rings is 2. The highest BCUT2D eigenvalue weighted by atomic mass is 35.5. The van der Waals surface area contributed by atoms with Crippen LogP contribution in [0.1, 0.15) is 18.1 Å². The van der Waals surface area contributed by atoms with Crippen LogP contribution in [0.15, 0.2) is 58.4 Å². The average molecular weight is 409 g/mol. The number of nitrogens with zero attached hydrogens (tertiary/aromatic N) is 1. The van der Waals surface area contributed by atoms with Gasteiger partial charge in [-0.25, -0.2) is 18.1 Å². The molecule has 0 spiro atoms. The molecule has 27 heavy (non-hydrogen) atoms. The predicted molar refractivity (Wildman–Crippen MR) is 111 cm³/mol. The number of hydrogen-bond donors (Lipinski definition) is 3. The number of aliphatic imine (C=N–C) groups is 1. The van der Waals surface area contributed by atoms with Gasteiger partial charge in [-0.3, -0.25) is 0 Å². The molecule has 2 aromatic rings. The Labute approximate surface area is 166 Å². The Hall–Kier alpha value is -2.09. The summed E-state index contributed by atoms with van der Waals surface area (Å²) < 4.78 is 25.8. The summed E-state index contributed by atoms with van der Waals surface area (Å²) in [4.78, 5) is 4.79. The molecule has 0 unspecified atom stereocenters. The lowest BCUT2D eigenvalue weighted by Gasteiger charge is -2.11. The smallest absolute Gasteiger partial charge is 0.240 e. The number of nitrogens with one attached hydrogen (secondary N) is 3. The molecule has 8 heteroatoms. The lowest BCUT2D eigenvalue weighted by atomic mass is 10.1. The molecule has 0 fully saturated rings. The van der Waals surface area contributed by atoms with E-state index in [0.29, 0.717) is 6.54 Å². The van der Waals surface area contributed by atoms with Gasteiger partial charge in [0.15, 0.2) is 5.96 Å². The fourth-order valence-corrected chi connectivity index (χ4v) is 3.24. The monoisotopic (exact) mass is 408 g/mol. The summed E-state index contributed by atoms with van der Waals surface area (Å²) in [6, 6.07) is 14.5. The second kappa shape index (κ2) is 10.3. The Kier molecular flexibility index (Phi) is 8.09. The van der Waals surface area contributed by atoms with Crippen LogP contribution in [0.2, 0.25) is 5.02 Å². The van der Waals surface area contributed by atoms with Gasteiger partial charge in [-0.2, -0.15) is 0 Å². The zero-order valence-electron chi connectivity index (χ0n) is 15.5.